The van der Waals surface area contributed by atoms with Crippen molar-refractivity contribution >= 4 is 12.2 Å². The third-order valence-corrected chi connectivity index (χ3v) is 3.37. The highest BCUT2D eigenvalue weighted by molar-refractivity contribution is 7.71. The molecule has 15 heavy (non-hydrogen) atoms. The summed E-state index contributed by atoms with van der Waals surface area (Å²) in [7, 11) is 0. The third-order valence-electron chi connectivity index (χ3n) is 3.04. The van der Waals surface area contributed by atoms with Crippen LogP contribution in [0.25, 0.3) is 0 Å². The van der Waals surface area contributed by atoms with Gasteiger partial charge in [-0.15, -0.1) is 0 Å². The molecule has 0 saturated heterocycles. The average molecular weight is 226 g/mol. The first kappa shape index (κ1) is 12.5. The van der Waals surface area contributed by atoms with E-state index >= 15 is 0 Å². The highest BCUT2D eigenvalue weighted by Crippen LogP contribution is 2.25. The van der Waals surface area contributed by atoms with Gasteiger partial charge in [0.15, 0.2) is 4.77 Å². The SMILES string of the molecule is CCC(C)(C)Cn1c(C(C)C)c[nH]c1=S. The minimum absolute atomic E-state index is 0.310. The van der Waals surface area contributed by atoms with E-state index in [9.17, 15) is 0 Å². The Kier molecular flexibility index (Phi) is 3.77. The van der Waals surface area contributed by atoms with E-state index in [1.54, 1.807) is 0 Å². The van der Waals surface area contributed by atoms with Gasteiger partial charge in [-0.1, -0.05) is 34.6 Å². The molecule has 1 heterocycles. The molecule has 1 rings (SSSR count). The van der Waals surface area contributed by atoms with Crippen LogP contribution in [0.3, 0.4) is 0 Å². The number of nitrogens with one attached hydrogen (secondary N) is 1. The number of H-pyrrole nitrogens is 1. The summed E-state index contributed by atoms with van der Waals surface area (Å²) in [5, 5.41) is 0. The molecule has 0 bridgehead atoms. The van der Waals surface area contributed by atoms with Crippen LogP contribution in [0.15, 0.2) is 6.20 Å². The van der Waals surface area contributed by atoms with E-state index in [2.05, 4.69) is 44.2 Å². The quantitative estimate of drug-likeness (QED) is 0.766. The predicted octanol–water partition coefficient (Wildman–Crippen LogP) is 4.11. The molecule has 1 aromatic heterocycles. The van der Waals surface area contributed by atoms with Gasteiger partial charge in [-0.25, -0.2) is 0 Å². The van der Waals surface area contributed by atoms with Crippen molar-refractivity contribution < 1.29 is 0 Å². The second kappa shape index (κ2) is 4.52. The molecule has 0 unspecified atom stereocenters. The van der Waals surface area contributed by atoms with Crippen LogP contribution < -0.4 is 0 Å². The fourth-order valence-corrected chi connectivity index (χ4v) is 1.82. The maximum absolute atomic E-state index is 5.32. The van der Waals surface area contributed by atoms with E-state index in [0.717, 1.165) is 17.7 Å². The van der Waals surface area contributed by atoms with Crippen molar-refractivity contribution in [2.45, 2.75) is 53.5 Å². The van der Waals surface area contributed by atoms with Crippen LogP contribution in [-0.4, -0.2) is 9.55 Å². The number of rotatable bonds is 4. The summed E-state index contributed by atoms with van der Waals surface area (Å²) in [5.74, 6) is 0.519. The minimum Gasteiger partial charge on any atom is -0.337 e. The maximum atomic E-state index is 5.32. The zero-order valence-corrected chi connectivity index (χ0v) is 11.2. The van der Waals surface area contributed by atoms with E-state index < -0.39 is 0 Å². The number of hydrogen-bond acceptors (Lipinski definition) is 1. The Morgan fingerprint density at radius 2 is 2.07 bits per heavy atom. The van der Waals surface area contributed by atoms with Crippen molar-refractivity contribution in [1.29, 1.82) is 0 Å². The summed E-state index contributed by atoms with van der Waals surface area (Å²) in [6.45, 7) is 12.2. The molecule has 0 aliphatic rings. The first-order valence-corrected chi connectivity index (χ1v) is 6.06. The number of aromatic nitrogens is 2. The Hall–Kier alpha value is -0.570. The Bertz CT molecular complexity index is 371. The first-order valence-electron chi connectivity index (χ1n) is 5.65. The van der Waals surface area contributed by atoms with Crippen molar-refractivity contribution in [3.63, 3.8) is 0 Å². The van der Waals surface area contributed by atoms with Gasteiger partial charge in [0.25, 0.3) is 0 Å². The largest absolute Gasteiger partial charge is 0.337 e. The molecule has 1 N–H and O–H groups in total. The van der Waals surface area contributed by atoms with Crippen molar-refractivity contribution in [3.8, 4) is 0 Å². The summed E-state index contributed by atoms with van der Waals surface area (Å²) >= 11 is 5.32. The Labute approximate surface area is 97.7 Å². The van der Waals surface area contributed by atoms with E-state index in [-0.39, 0.29) is 0 Å². The highest BCUT2D eigenvalue weighted by Gasteiger charge is 2.18. The number of nitrogens with zero attached hydrogens (tertiary/aromatic N) is 1. The molecule has 0 aliphatic heterocycles. The molecule has 0 radical (unpaired) electrons. The first-order chi connectivity index (χ1) is 6.87. The Morgan fingerprint density at radius 3 is 2.53 bits per heavy atom. The third kappa shape index (κ3) is 2.94. The van der Waals surface area contributed by atoms with Gasteiger partial charge in [0, 0.05) is 18.4 Å². The fraction of sp³-hybridized carbons (Fsp3) is 0.750. The zero-order valence-electron chi connectivity index (χ0n) is 10.4. The number of imidazole rings is 1. The molecule has 0 fully saturated rings. The molecule has 0 aliphatic carbocycles. The van der Waals surface area contributed by atoms with Crippen LogP contribution in [0.1, 0.15) is 52.7 Å². The van der Waals surface area contributed by atoms with Gasteiger partial charge in [-0.2, -0.15) is 0 Å². The van der Waals surface area contributed by atoms with E-state index in [1.807, 2.05) is 6.20 Å². The molecule has 0 atom stereocenters. The van der Waals surface area contributed by atoms with Crippen LogP contribution in [-0.2, 0) is 6.54 Å². The molecule has 86 valence electrons. The summed E-state index contributed by atoms with van der Waals surface area (Å²) in [6, 6.07) is 0. The molecule has 2 nitrogen and oxygen atoms in total. The van der Waals surface area contributed by atoms with E-state index in [4.69, 9.17) is 12.2 Å². The predicted molar refractivity (Wildman–Crippen MR) is 67.8 cm³/mol. The lowest BCUT2D eigenvalue weighted by Gasteiger charge is -2.25. The van der Waals surface area contributed by atoms with Crippen LogP contribution in [0, 0.1) is 10.2 Å². The zero-order chi connectivity index (χ0) is 11.6. The second-order valence-electron chi connectivity index (χ2n) is 5.28. The van der Waals surface area contributed by atoms with E-state index in [1.165, 1.54) is 5.69 Å². The molecular weight excluding hydrogens is 204 g/mol. The van der Waals surface area contributed by atoms with Gasteiger partial charge in [-0.05, 0) is 30.0 Å². The highest BCUT2D eigenvalue weighted by atomic mass is 32.1. The molecule has 0 aromatic carbocycles. The summed E-state index contributed by atoms with van der Waals surface area (Å²) in [6.07, 6.45) is 3.20. The average Bonchev–Trinajstić information content (AvgIpc) is 2.48. The minimum atomic E-state index is 0.310. The van der Waals surface area contributed by atoms with Gasteiger partial charge in [0.2, 0.25) is 0 Å². The summed E-state index contributed by atoms with van der Waals surface area (Å²) in [4.78, 5) is 3.14. The molecular formula is C12H22N2S. The van der Waals surface area contributed by atoms with Crippen LogP contribution in [0.5, 0.6) is 0 Å². The van der Waals surface area contributed by atoms with Gasteiger partial charge >= 0.3 is 0 Å². The molecule has 0 spiro atoms. The number of hydrogen-bond donors (Lipinski definition) is 1. The maximum Gasteiger partial charge on any atom is 0.177 e. The van der Waals surface area contributed by atoms with E-state index in [0.29, 0.717) is 11.3 Å². The molecule has 0 amide bonds. The van der Waals surface area contributed by atoms with Gasteiger partial charge in [0.05, 0.1) is 0 Å². The molecule has 0 saturated carbocycles. The smallest absolute Gasteiger partial charge is 0.177 e. The Balaban J connectivity index is 3.03. The number of aromatic amines is 1. The van der Waals surface area contributed by atoms with Gasteiger partial charge in [0.1, 0.15) is 0 Å². The topological polar surface area (TPSA) is 20.7 Å². The van der Waals surface area contributed by atoms with Gasteiger partial charge in [-0.3, -0.25) is 0 Å². The van der Waals surface area contributed by atoms with Crippen molar-refractivity contribution in [2.24, 2.45) is 5.41 Å². The normalized spacial score (nSPS) is 12.4. The Morgan fingerprint density at radius 1 is 1.47 bits per heavy atom. The summed E-state index contributed by atoms with van der Waals surface area (Å²) in [5.41, 5.74) is 1.62. The van der Waals surface area contributed by atoms with Crippen molar-refractivity contribution in [1.82, 2.24) is 9.55 Å². The molecule has 3 heteroatoms. The lowest BCUT2D eigenvalue weighted by molar-refractivity contribution is 0.288. The van der Waals surface area contributed by atoms with Gasteiger partial charge < -0.3 is 9.55 Å². The van der Waals surface area contributed by atoms with Crippen LogP contribution in [0.4, 0.5) is 0 Å². The van der Waals surface area contributed by atoms with Crippen molar-refractivity contribution in [3.05, 3.63) is 16.7 Å². The standard InChI is InChI=1S/C12H22N2S/c1-6-12(4,5)8-14-10(9(2)3)7-13-11(14)15/h7,9H,6,8H2,1-5H3,(H,13,15). The lowest BCUT2D eigenvalue weighted by Crippen LogP contribution is -2.20. The summed E-state index contributed by atoms with van der Waals surface area (Å²) < 4.78 is 3.09. The second-order valence-corrected chi connectivity index (χ2v) is 5.66. The van der Waals surface area contributed by atoms with Crippen LogP contribution >= 0.6 is 12.2 Å². The molecule has 1 aromatic rings. The monoisotopic (exact) mass is 226 g/mol. The van der Waals surface area contributed by atoms with Crippen LogP contribution in [0.2, 0.25) is 0 Å². The fourth-order valence-electron chi connectivity index (χ4n) is 1.59. The van der Waals surface area contributed by atoms with Crippen molar-refractivity contribution in [2.75, 3.05) is 0 Å². The lowest BCUT2D eigenvalue weighted by atomic mass is 9.90.